The van der Waals surface area contributed by atoms with Crippen molar-refractivity contribution in [3.05, 3.63) is 71.8 Å². The van der Waals surface area contributed by atoms with E-state index < -0.39 is 0 Å². The second kappa shape index (κ2) is 9.08. The summed E-state index contributed by atoms with van der Waals surface area (Å²) < 4.78 is 10.7. The normalized spacial score (nSPS) is 10.6. The Labute approximate surface area is 160 Å². The van der Waals surface area contributed by atoms with Gasteiger partial charge in [0.05, 0.1) is 25.0 Å². The maximum atomic E-state index is 11.9. The SMILES string of the molecule is COC(=O)c1cccc(C)c1NCCCCOc1ccc2ccccc2c1. The van der Waals surface area contributed by atoms with E-state index in [9.17, 15) is 4.79 Å². The van der Waals surface area contributed by atoms with Crippen LogP contribution in [0.25, 0.3) is 10.8 Å². The van der Waals surface area contributed by atoms with Gasteiger partial charge in [0.1, 0.15) is 5.75 Å². The lowest BCUT2D eigenvalue weighted by Crippen LogP contribution is -2.11. The number of aryl methyl sites for hydroxylation is 1. The summed E-state index contributed by atoms with van der Waals surface area (Å²) in [5.41, 5.74) is 2.45. The number of para-hydroxylation sites is 1. The lowest BCUT2D eigenvalue weighted by atomic mass is 10.1. The largest absolute Gasteiger partial charge is 0.494 e. The number of ether oxygens (including phenoxy) is 2. The summed E-state index contributed by atoms with van der Waals surface area (Å²) in [4.78, 5) is 11.9. The van der Waals surface area contributed by atoms with E-state index in [2.05, 4.69) is 29.6 Å². The molecular formula is C23H25NO3. The number of hydrogen-bond acceptors (Lipinski definition) is 4. The van der Waals surface area contributed by atoms with Gasteiger partial charge in [0.2, 0.25) is 0 Å². The Morgan fingerprint density at radius 2 is 1.78 bits per heavy atom. The predicted molar refractivity (Wildman–Crippen MR) is 110 cm³/mol. The monoisotopic (exact) mass is 363 g/mol. The second-order valence-electron chi connectivity index (χ2n) is 6.48. The fourth-order valence-electron chi connectivity index (χ4n) is 3.07. The minimum Gasteiger partial charge on any atom is -0.494 e. The van der Waals surface area contributed by atoms with Crippen molar-refractivity contribution in [1.29, 1.82) is 0 Å². The molecule has 140 valence electrons. The molecule has 0 saturated carbocycles. The van der Waals surface area contributed by atoms with E-state index in [0.717, 1.165) is 36.4 Å². The summed E-state index contributed by atoms with van der Waals surface area (Å²) in [6.07, 6.45) is 1.88. The number of hydrogen-bond donors (Lipinski definition) is 1. The van der Waals surface area contributed by atoms with Gasteiger partial charge in [0.25, 0.3) is 0 Å². The number of anilines is 1. The first kappa shape index (κ1) is 18.8. The van der Waals surface area contributed by atoms with Crippen molar-refractivity contribution < 1.29 is 14.3 Å². The Hall–Kier alpha value is -3.01. The minimum absolute atomic E-state index is 0.319. The zero-order valence-corrected chi connectivity index (χ0v) is 15.8. The van der Waals surface area contributed by atoms with E-state index in [4.69, 9.17) is 9.47 Å². The number of nitrogens with one attached hydrogen (secondary N) is 1. The number of unbranched alkanes of at least 4 members (excludes halogenated alkanes) is 1. The van der Waals surface area contributed by atoms with Crippen molar-refractivity contribution in [2.45, 2.75) is 19.8 Å². The first-order valence-electron chi connectivity index (χ1n) is 9.22. The Balaban J connectivity index is 1.46. The lowest BCUT2D eigenvalue weighted by molar-refractivity contribution is 0.0601. The number of benzene rings is 3. The van der Waals surface area contributed by atoms with E-state index in [1.165, 1.54) is 17.9 Å². The Bertz CT molecular complexity index is 920. The molecule has 3 aromatic rings. The summed E-state index contributed by atoms with van der Waals surface area (Å²) >= 11 is 0. The molecule has 0 aliphatic carbocycles. The van der Waals surface area contributed by atoms with Crippen LogP contribution < -0.4 is 10.1 Å². The highest BCUT2D eigenvalue weighted by atomic mass is 16.5. The van der Waals surface area contributed by atoms with Crippen LogP contribution in [0, 0.1) is 6.92 Å². The number of carbonyl (C=O) groups is 1. The highest BCUT2D eigenvalue weighted by Crippen LogP contribution is 2.22. The van der Waals surface area contributed by atoms with Gasteiger partial charge in [0, 0.05) is 6.54 Å². The molecule has 3 aromatic carbocycles. The topological polar surface area (TPSA) is 47.6 Å². The highest BCUT2D eigenvalue weighted by molar-refractivity contribution is 5.96. The molecule has 0 fully saturated rings. The van der Waals surface area contributed by atoms with Crippen LogP contribution in [0.15, 0.2) is 60.7 Å². The Kier molecular flexibility index (Phi) is 6.31. The molecule has 4 heteroatoms. The van der Waals surface area contributed by atoms with Crippen molar-refractivity contribution in [2.24, 2.45) is 0 Å². The Morgan fingerprint density at radius 1 is 0.963 bits per heavy atom. The van der Waals surface area contributed by atoms with Gasteiger partial charge in [-0.15, -0.1) is 0 Å². The average molecular weight is 363 g/mol. The zero-order chi connectivity index (χ0) is 19.1. The average Bonchev–Trinajstić information content (AvgIpc) is 2.70. The number of esters is 1. The molecule has 0 spiro atoms. The summed E-state index contributed by atoms with van der Waals surface area (Å²) in [5.74, 6) is 0.578. The van der Waals surface area contributed by atoms with Crippen LogP contribution in [0.3, 0.4) is 0 Å². The van der Waals surface area contributed by atoms with E-state index in [0.29, 0.717) is 12.2 Å². The molecule has 0 saturated heterocycles. The van der Waals surface area contributed by atoms with Gasteiger partial charge in [-0.1, -0.05) is 42.5 Å². The third kappa shape index (κ3) is 4.79. The molecule has 0 aliphatic rings. The molecule has 0 heterocycles. The van der Waals surface area contributed by atoms with Crippen LogP contribution in [0.4, 0.5) is 5.69 Å². The van der Waals surface area contributed by atoms with Gasteiger partial charge in [-0.3, -0.25) is 0 Å². The molecule has 0 bridgehead atoms. The van der Waals surface area contributed by atoms with E-state index >= 15 is 0 Å². The van der Waals surface area contributed by atoms with E-state index in [-0.39, 0.29) is 5.97 Å². The fraction of sp³-hybridized carbons (Fsp3) is 0.261. The fourth-order valence-corrected chi connectivity index (χ4v) is 3.07. The molecule has 0 amide bonds. The van der Waals surface area contributed by atoms with Crippen molar-refractivity contribution >= 4 is 22.4 Å². The first-order valence-corrected chi connectivity index (χ1v) is 9.22. The van der Waals surface area contributed by atoms with Crippen LogP contribution in [0.2, 0.25) is 0 Å². The molecule has 1 N–H and O–H groups in total. The van der Waals surface area contributed by atoms with Crippen LogP contribution in [-0.4, -0.2) is 26.2 Å². The van der Waals surface area contributed by atoms with Crippen molar-refractivity contribution in [1.82, 2.24) is 0 Å². The third-order valence-electron chi connectivity index (χ3n) is 4.54. The zero-order valence-electron chi connectivity index (χ0n) is 15.8. The van der Waals surface area contributed by atoms with Crippen LogP contribution in [0.1, 0.15) is 28.8 Å². The molecule has 4 nitrogen and oxygen atoms in total. The van der Waals surface area contributed by atoms with Gasteiger partial charge < -0.3 is 14.8 Å². The number of fused-ring (bicyclic) bond motifs is 1. The number of carbonyl (C=O) groups excluding carboxylic acids is 1. The minimum atomic E-state index is -0.319. The van der Waals surface area contributed by atoms with Gasteiger partial charge in [-0.05, 0) is 54.3 Å². The number of methoxy groups -OCH3 is 1. The summed E-state index contributed by atoms with van der Waals surface area (Å²) in [7, 11) is 1.40. The molecule has 0 radical (unpaired) electrons. The lowest BCUT2D eigenvalue weighted by Gasteiger charge is -2.13. The van der Waals surface area contributed by atoms with Crippen molar-refractivity contribution in [3.63, 3.8) is 0 Å². The van der Waals surface area contributed by atoms with Crippen LogP contribution >= 0.6 is 0 Å². The van der Waals surface area contributed by atoms with Gasteiger partial charge in [-0.2, -0.15) is 0 Å². The molecule has 3 rings (SSSR count). The summed E-state index contributed by atoms with van der Waals surface area (Å²) in [5, 5.41) is 5.77. The molecule has 0 atom stereocenters. The maximum Gasteiger partial charge on any atom is 0.339 e. The maximum absolute atomic E-state index is 11.9. The second-order valence-corrected chi connectivity index (χ2v) is 6.48. The molecule has 0 unspecified atom stereocenters. The van der Waals surface area contributed by atoms with E-state index in [1.54, 1.807) is 6.07 Å². The highest BCUT2D eigenvalue weighted by Gasteiger charge is 2.12. The predicted octanol–water partition coefficient (Wildman–Crippen LogP) is 5.21. The molecule has 0 aliphatic heterocycles. The molecule has 0 aromatic heterocycles. The van der Waals surface area contributed by atoms with Gasteiger partial charge in [0.15, 0.2) is 0 Å². The Morgan fingerprint density at radius 3 is 2.59 bits per heavy atom. The van der Waals surface area contributed by atoms with Crippen molar-refractivity contribution in [3.8, 4) is 5.75 Å². The summed E-state index contributed by atoms with van der Waals surface area (Å²) in [6.45, 7) is 3.42. The van der Waals surface area contributed by atoms with Gasteiger partial charge >= 0.3 is 5.97 Å². The quantitative estimate of drug-likeness (QED) is 0.441. The van der Waals surface area contributed by atoms with Gasteiger partial charge in [-0.25, -0.2) is 4.79 Å². The molecule has 27 heavy (non-hydrogen) atoms. The summed E-state index contributed by atoms with van der Waals surface area (Å²) in [6, 6.07) is 20.1. The van der Waals surface area contributed by atoms with Crippen LogP contribution in [0.5, 0.6) is 5.75 Å². The first-order chi connectivity index (χ1) is 13.2. The van der Waals surface area contributed by atoms with E-state index in [1.807, 2.05) is 37.3 Å². The number of rotatable bonds is 8. The molecular weight excluding hydrogens is 338 g/mol. The van der Waals surface area contributed by atoms with Crippen molar-refractivity contribution in [2.75, 3.05) is 25.6 Å². The standard InChI is InChI=1S/C23H25NO3/c1-17-8-7-11-21(23(25)26-2)22(17)24-14-5-6-15-27-20-13-12-18-9-3-4-10-19(18)16-20/h3-4,7-13,16,24H,5-6,14-15H2,1-2H3. The van der Waals surface area contributed by atoms with Crippen LogP contribution in [-0.2, 0) is 4.74 Å². The smallest absolute Gasteiger partial charge is 0.339 e. The third-order valence-corrected chi connectivity index (χ3v) is 4.54.